The molecule has 0 spiro atoms. The Balaban J connectivity index is 1.87. The summed E-state index contributed by atoms with van der Waals surface area (Å²) >= 11 is 0. The fourth-order valence-corrected chi connectivity index (χ4v) is 3.00. The minimum absolute atomic E-state index is 0.584. The molecule has 0 radical (unpaired) electrons. The van der Waals surface area contributed by atoms with Gasteiger partial charge in [0.05, 0.1) is 11.9 Å². The van der Waals surface area contributed by atoms with E-state index in [4.69, 9.17) is 0 Å². The summed E-state index contributed by atoms with van der Waals surface area (Å²) in [6.45, 7) is 13.3. The quantitative estimate of drug-likeness (QED) is 0.871. The van der Waals surface area contributed by atoms with Gasteiger partial charge in [-0.05, 0) is 52.7 Å². The second kappa shape index (κ2) is 7.64. The molecule has 4 heteroatoms. The molecule has 1 aliphatic heterocycles. The number of pyridine rings is 1. The smallest absolute Gasteiger partial charge is 0.128 e. The van der Waals surface area contributed by atoms with Crippen molar-refractivity contribution in [2.24, 2.45) is 0 Å². The van der Waals surface area contributed by atoms with E-state index in [9.17, 15) is 0 Å². The van der Waals surface area contributed by atoms with Crippen LogP contribution in [-0.4, -0.2) is 48.1 Å². The molecule has 4 nitrogen and oxygen atoms in total. The van der Waals surface area contributed by atoms with Gasteiger partial charge in [-0.25, -0.2) is 4.98 Å². The van der Waals surface area contributed by atoms with Crippen molar-refractivity contribution in [2.75, 3.05) is 36.4 Å². The van der Waals surface area contributed by atoms with E-state index in [-0.39, 0.29) is 0 Å². The van der Waals surface area contributed by atoms with Crippen molar-refractivity contribution < 1.29 is 0 Å². The van der Waals surface area contributed by atoms with Crippen molar-refractivity contribution in [3.05, 3.63) is 18.3 Å². The molecule has 2 rings (SSSR count). The van der Waals surface area contributed by atoms with Gasteiger partial charge in [0, 0.05) is 38.3 Å². The molecule has 1 saturated heterocycles. The van der Waals surface area contributed by atoms with E-state index in [1.54, 1.807) is 0 Å². The lowest BCUT2D eigenvalue weighted by atomic mass is 10.0. The van der Waals surface area contributed by atoms with E-state index < -0.39 is 0 Å². The maximum atomic E-state index is 4.58. The molecule has 0 aromatic carbocycles. The van der Waals surface area contributed by atoms with Gasteiger partial charge in [-0.3, -0.25) is 0 Å². The molecule has 1 aromatic rings. The zero-order chi connectivity index (χ0) is 15.2. The van der Waals surface area contributed by atoms with Gasteiger partial charge in [0.2, 0.25) is 0 Å². The lowest BCUT2D eigenvalue weighted by Gasteiger charge is -2.35. The number of hydrogen-bond acceptors (Lipinski definition) is 4. The molecule has 21 heavy (non-hydrogen) atoms. The highest BCUT2D eigenvalue weighted by Gasteiger charge is 2.20. The summed E-state index contributed by atoms with van der Waals surface area (Å²) in [6.07, 6.45) is 4.41. The Labute approximate surface area is 129 Å². The number of piperidine rings is 1. The van der Waals surface area contributed by atoms with E-state index >= 15 is 0 Å². The van der Waals surface area contributed by atoms with Crippen LogP contribution in [0.2, 0.25) is 0 Å². The molecule has 1 N–H and O–H groups in total. The molecule has 118 valence electrons. The summed E-state index contributed by atoms with van der Waals surface area (Å²) in [6, 6.07) is 5.54. The molecule has 0 aliphatic carbocycles. The van der Waals surface area contributed by atoms with Crippen molar-refractivity contribution >= 4 is 11.5 Å². The van der Waals surface area contributed by atoms with E-state index in [0.717, 1.165) is 24.6 Å². The molecule has 0 atom stereocenters. The maximum Gasteiger partial charge on any atom is 0.128 e. The van der Waals surface area contributed by atoms with Crippen LogP contribution in [0.4, 0.5) is 11.5 Å². The lowest BCUT2D eigenvalue weighted by molar-refractivity contribution is 0.177. The first-order valence-electron chi connectivity index (χ1n) is 8.35. The monoisotopic (exact) mass is 290 g/mol. The molecular weight excluding hydrogens is 260 g/mol. The summed E-state index contributed by atoms with van der Waals surface area (Å²) in [5.74, 6) is 1.07. The zero-order valence-corrected chi connectivity index (χ0v) is 14.0. The first-order valence-corrected chi connectivity index (χ1v) is 8.35. The third-order valence-corrected chi connectivity index (χ3v) is 4.47. The standard InChI is InChI=1S/C17H30N4/c1-5-20(6-2)17-8-7-16(13-18-17)19-15-9-11-21(12-10-15)14(3)4/h7-8,13-15,19H,5-6,9-12H2,1-4H3. The van der Waals surface area contributed by atoms with Crippen LogP contribution >= 0.6 is 0 Å². The van der Waals surface area contributed by atoms with Gasteiger partial charge >= 0.3 is 0 Å². The first kappa shape index (κ1) is 16.1. The Morgan fingerprint density at radius 1 is 1.24 bits per heavy atom. The highest BCUT2D eigenvalue weighted by atomic mass is 15.2. The average Bonchev–Trinajstić information content (AvgIpc) is 2.51. The average molecular weight is 290 g/mol. The van der Waals surface area contributed by atoms with Crippen molar-refractivity contribution in [3.63, 3.8) is 0 Å². The molecular formula is C17H30N4. The topological polar surface area (TPSA) is 31.4 Å². The molecule has 1 aliphatic rings. The summed E-state index contributed by atoms with van der Waals surface area (Å²) in [7, 11) is 0. The van der Waals surface area contributed by atoms with Gasteiger partial charge in [0.15, 0.2) is 0 Å². The number of rotatable bonds is 6. The van der Waals surface area contributed by atoms with E-state index in [1.165, 1.54) is 25.9 Å². The van der Waals surface area contributed by atoms with Gasteiger partial charge in [-0.2, -0.15) is 0 Å². The van der Waals surface area contributed by atoms with Crippen LogP contribution in [0.1, 0.15) is 40.5 Å². The summed E-state index contributed by atoms with van der Waals surface area (Å²) in [5.41, 5.74) is 1.15. The van der Waals surface area contributed by atoms with Crippen LogP contribution in [-0.2, 0) is 0 Å². The van der Waals surface area contributed by atoms with Crippen molar-refractivity contribution in [2.45, 2.75) is 52.6 Å². The van der Waals surface area contributed by atoms with Gasteiger partial charge in [-0.1, -0.05) is 0 Å². The minimum Gasteiger partial charge on any atom is -0.381 e. The molecule has 0 saturated carbocycles. The number of hydrogen-bond donors (Lipinski definition) is 1. The van der Waals surface area contributed by atoms with Gasteiger partial charge in [0.1, 0.15) is 5.82 Å². The van der Waals surface area contributed by atoms with E-state index in [2.05, 4.69) is 59.9 Å². The number of anilines is 2. The highest BCUT2D eigenvalue weighted by molar-refractivity contribution is 5.49. The maximum absolute atomic E-state index is 4.58. The summed E-state index contributed by atoms with van der Waals surface area (Å²) < 4.78 is 0. The largest absolute Gasteiger partial charge is 0.381 e. The summed E-state index contributed by atoms with van der Waals surface area (Å²) in [4.78, 5) is 9.41. The van der Waals surface area contributed by atoms with Crippen LogP contribution < -0.4 is 10.2 Å². The normalized spacial score (nSPS) is 17.2. The van der Waals surface area contributed by atoms with Crippen molar-refractivity contribution in [1.82, 2.24) is 9.88 Å². The fraction of sp³-hybridized carbons (Fsp3) is 0.706. The molecule has 0 bridgehead atoms. The second-order valence-electron chi connectivity index (χ2n) is 6.13. The van der Waals surface area contributed by atoms with Crippen LogP contribution in [0.5, 0.6) is 0 Å². The predicted molar refractivity (Wildman–Crippen MR) is 91.2 cm³/mol. The number of aromatic nitrogens is 1. The van der Waals surface area contributed by atoms with Gasteiger partial charge in [-0.15, -0.1) is 0 Å². The Kier molecular flexibility index (Phi) is 5.85. The number of nitrogens with zero attached hydrogens (tertiary/aromatic N) is 3. The van der Waals surface area contributed by atoms with Crippen molar-refractivity contribution in [3.8, 4) is 0 Å². The van der Waals surface area contributed by atoms with E-state index in [1.807, 2.05) is 6.20 Å². The predicted octanol–water partition coefficient (Wildman–Crippen LogP) is 3.21. The number of nitrogens with one attached hydrogen (secondary N) is 1. The van der Waals surface area contributed by atoms with Crippen LogP contribution in [0, 0.1) is 0 Å². The second-order valence-corrected chi connectivity index (χ2v) is 6.13. The highest BCUT2D eigenvalue weighted by Crippen LogP contribution is 2.19. The van der Waals surface area contributed by atoms with E-state index in [0.29, 0.717) is 12.1 Å². The third kappa shape index (κ3) is 4.34. The molecule has 0 unspecified atom stereocenters. The molecule has 1 aromatic heterocycles. The first-order chi connectivity index (χ1) is 10.1. The lowest BCUT2D eigenvalue weighted by Crippen LogP contribution is -2.42. The summed E-state index contributed by atoms with van der Waals surface area (Å²) in [5, 5.41) is 3.63. The fourth-order valence-electron chi connectivity index (χ4n) is 3.00. The van der Waals surface area contributed by atoms with Crippen LogP contribution in [0.3, 0.4) is 0 Å². The van der Waals surface area contributed by atoms with Gasteiger partial charge in [0.25, 0.3) is 0 Å². The Hall–Kier alpha value is -1.29. The SMILES string of the molecule is CCN(CC)c1ccc(NC2CCN(C(C)C)CC2)cn1. The van der Waals surface area contributed by atoms with Crippen LogP contribution in [0.15, 0.2) is 18.3 Å². The molecule has 2 heterocycles. The zero-order valence-electron chi connectivity index (χ0n) is 14.0. The van der Waals surface area contributed by atoms with Crippen molar-refractivity contribution in [1.29, 1.82) is 0 Å². The van der Waals surface area contributed by atoms with Gasteiger partial charge < -0.3 is 15.1 Å². The minimum atomic E-state index is 0.584. The van der Waals surface area contributed by atoms with Crippen LogP contribution in [0.25, 0.3) is 0 Å². The number of likely N-dealkylation sites (tertiary alicyclic amines) is 1. The molecule has 0 amide bonds. The Morgan fingerprint density at radius 2 is 1.90 bits per heavy atom. The Bertz CT molecular complexity index is 403. The third-order valence-electron chi connectivity index (χ3n) is 4.47. The Morgan fingerprint density at radius 3 is 2.38 bits per heavy atom. The molecule has 1 fully saturated rings.